The Labute approximate surface area is 115 Å². The van der Waals surface area contributed by atoms with Gasteiger partial charge in [-0.1, -0.05) is 0 Å². The number of fused-ring (bicyclic) bond motifs is 3. The SMILES string of the molecule is Nc1cc(C(=O)NC2CN3CCC2CC3)c(F)cc1F. The minimum Gasteiger partial charge on any atom is -0.396 e. The number of nitrogens with one attached hydrogen (secondary N) is 1. The summed E-state index contributed by atoms with van der Waals surface area (Å²) in [7, 11) is 0. The largest absolute Gasteiger partial charge is 0.396 e. The van der Waals surface area contributed by atoms with Gasteiger partial charge in [0.15, 0.2) is 0 Å². The molecule has 1 aromatic rings. The molecule has 0 saturated carbocycles. The van der Waals surface area contributed by atoms with E-state index in [0.29, 0.717) is 12.0 Å². The zero-order chi connectivity index (χ0) is 14.3. The third-order valence-corrected chi connectivity index (χ3v) is 4.30. The molecule has 4 nitrogen and oxygen atoms in total. The van der Waals surface area contributed by atoms with Gasteiger partial charge < -0.3 is 16.0 Å². The maximum atomic E-state index is 13.7. The fourth-order valence-electron chi connectivity index (χ4n) is 3.11. The number of anilines is 1. The molecule has 1 amide bonds. The van der Waals surface area contributed by atoms with Gasteiger partial charge in [0.1, 0.15) is 11.6 Å². The Kier molecular flexibility index (Phi) is 3.33. The van der Waals surface area contributed by atoms with Crippen LogP contribution >= 0.6 is 0 Å². The molecular weight excluding hydrogens is 264 g/mol. The molecule has 0 aliphatic carbocycles. The summed E-state index contributed by atoms with van der Waals surface area (Å²) in [5, 5.41) is 2.86. The summed E-state index contributed by atoms with van der Waals surface area (Å²) < 4.78 is 26.8. The lowest BCUT2D eigenvalue weighted by Crippen LogP contribution is -2.57. The highest BCUT2D eigenvalue weighted by Gasteiger charge is 2.35. The number of carbonyl (C=O) groups excluding carboxylic acids is 1. The second-order valence-electron chi connectivity index (χ2n) is 5.57. The van der Waals surface area contributed by atoms with E-state index in [1.165, 1.54) is 0 Å². The van der Waals surface area contributed by atoms with Gasteiger partial charge in [-0.25, -0.2) is 8.78 Å². The molecule has 3 aliphatic rings. The molecule has 0 aromatic heterocycles. The molecule has 3 aliphatic heterocycles. The normalized spacial score (nSPS) is 28.4. The van der Waals surface area contributed by atoms with E-state index in [4.69, 9.17) is 5.73 Å². The van der Waals surface area contributed by atoms with Gasteiger partial charge in [-0.05, 0) is 37.9 Å². The third-order valence-electron chi connectivity index (χ3n) is 4.30. The number of amides is 1. The molecule has 0 spiro atoms. The highest BCUT2D eigenvalue weighted by atomic mass is 19.1. The van der Waals surface area contributed by atoms with Crippen LogP contribution in [0, 0.1) is 17.6 Å². The molecule has 6 heteroatoms. The van der Waals surface area contributed by atoms with Crippen molar-refractivity contribution >= 4 is 11.6 Å². The number of halogens is 2. The molecule has 2 bridgehead atoms. The predicted octanol–water partition coefficient (Wildman–Crippen LogP) is 1.37. The van der Waals surface area contributed by atoms with Crippen LogP contribution in [0.2, 0.25) is 0 Å². The van der Waals surface area contributed by atoms with E-state index in [2.05, 4.69) is 10.2 Å². The molecule has 3 fully saturated rings. The first-order valence-electron chi connectivity index (χ1n) is 6.82. The van der Waals surface area contributed by atoms with Gasteiger partial charge in [0, 0.05) is 18.7 Å². The van der Waals surface area contributed by atoms with Crippen molar-refractivity contribution in [3.05, 3.63) is 29.3 Å². The van der Waals surface area contributed by atoms with E-state index in [9.17, 15) is 13.6 Å². The van der Waals surface area contributed by atoms with Gasteiger partial charge >= 0.3 is 0 Å². The number of carbonyl (C=O) groups is 1. The van der Waals surface area contributed by atoms with Gasteiger partial charge in [-0.15, -0.1) is 0 Å². The lowest BCUT2D eigenvalue weighted by molar-refractivity contribution is 0.0618. The first kappa shape index (κ1) is 13.3. The van der Waals surface area contributed by atoms with Crippen LogP contribution in [0.5, 0.6) is 0 Å². The van der Waals surface area contributed by atoms with Gasteiger partial charge in [0.05, 0.1) is 11.3 Å². The molecule has 4 rings (SSSR count). The molecule has 3 saturated heterocycles. The lowest BCUT2D eigenvalue weighted by Gasteiger charge is -2.44. The number of nitrogens with two attached hydrogens (primary N) is 1. The zero-order valence-electron chi connectivity index (χ0n) is 11.0. The van der Waals surface area contributed by atoms with Crippen LogP contribution in [-0.4, -0.2) is 36.5 Å². The summed E-state index contributed by atoms with van der Waals surface area (Å²) >= 11 is 0. The van der Waals surface area contributed by atoms with E-state index in [-0.39, 0.29) is 17.3 Å². The molecular formula is C14H17F2N3O. The number of hydrogen-bond acceptors (Lipinski definition) is 3. The Morgan fingerprint density at radius 3 is 2.55 bits per heavy atom. The fraction of sp³-hybridized carbons (Fsp3) is 0.500. The summed E-state index contributed by atoms with van der Waals surface area (Å²) in [5.74, 6) is -1.80. The van der Waals surface area contributed by atoms with Crippen molar-refractivity contribution in [3.63, 3.8) is 0 Å². The van der Waals surface area contributed by atoms with Crippen LogP contribution in [0.4, 0.5) is 14.5 Å². The summed E-state index contributed by atoms with van der Waals surface area (Å²) in [4.78, 5) is 14.4. The van der Waals surface area contributed by atoms with Crippen LogP contribution in [-0.2, 0) is 0 Å². The quantitative estimate of drug-likeness (QED) is 0.805. The monoisotopic (exact) mass is 281 g/mol. The summed E-state index contributed by atoms with van der Waals surface area (Å²) in [6, 6.07) is 1.75. The van der Waals surface area contributed by atoms with Crippen LogP contribution in [0.3, 0.4) is 0 Å². The average molecular weight is 281 g/mol. The number of hydrogen-bond donors (Lipinski definition) is 2. The third kappa shape index (κ3) is 2.35. The molecule has 1 unspecified atom stereocenters. The van der Waals surface area contributed by atoms with Crippen LogP contribution in [0.1, 0.15) is 23.2 Å². The first-order valence-corrected chi connectivity index (χ1v) is 6.82. The number of benzene rings is 1. The van der Waals surface area contributed by atoms with E-state index < -0.39 is 17.5 Å². The van der Waals surface area contributed by atoms with Crippen molar-refractivity contribution in [1.82, 2.24) is 10.2 Å². The predicted molar refractivity (Wildman–Crippen MR) is 71.2 cm³/mol. The first-order chi connectivity index (χ1) is 9.54. The summed E-state index contributed by atoms with van der Waals surface area (Å²) in [6.07, 6.45) is 2.11. The Morgan fingerprint density at radius 2 is 1.95 bits per heavy atom. The van der Waals surface area contributed by atoms with E-state index in [1.807, 2.05) is 0 Å². The molecule has 3 N–H and O–H groups in total. The maximum absolute atomic E-state index is 13.7. The van der Waals surface area contributed by atoms with Crippen molar-refractivity contribution in [2.45, 2.75) is 18.9 Å². The van der Waals surface area contributed by atoms with Crippen molar-refractivity contribution < 1.29 is 13.6 Å². The average Bonchev–Trinajstić information content (AvgIpc) is 2.44. The van der Waals surface area contributed by atoms with Crippen molar-refractivity contribution in [3.8, 4) is 0 Å². The van der Waals surface area contributed by atoms with Crippen molar-refractivity contribution in [1.29, 1.82) is 0 Å². The second-order valence-corrected chi connectivity index (χ2v) is 5.57. The van der Waals surface area contributed by atoms with Gasteiger partial charge in [-0.3, -0.25) is 4.79 Å². The van der Waals surface area contributed by atoms with Crippen molar-refractivity contribution in [2.75, 3.05) is 25.4 Å². The standard InChI is InChI=1S/C14H17F2N3O/c15-10-6-11(16)12(17)5-9(10)14(20)18-13-7-19-3-1-8(13)2-4-19/h5-6,8,13H,1-4,7,17H2,(H,18,20). The topological polar surface area (TPSA) is 58.4 Å². The van der Waals surface area contributed by atoms with Gasteiger partial charge in [0.2, 0.25) is 0 Å². The minimum atomic E-state index is -0.879. The molecule has 3 heterocycles. The Morgan fingerprint density at radius 1 is 1.25 bits per heavy atom. The Hall–Kier alpha value is -1.69. The highest BCUT2D eigenvalue weighted by Crippen LogP contribution is 2.28. The zero-order valence-corrected chi connectivity index (χ0v) is 11.0. The number of nitrogens with zero attached hydrogens (tertiary/aromatic N) is 1. The van der Waals surface area contributed by atoms with E-state index in [1.54, 1.807) is 0 Å². The van der Waals surface area contributed by atoms with Crippen LogP contribution < -0.4 is 11.1 Å². The van der Waals surface area contributed by atoms with Crippen LogP contribution in [0.25, 0.3) is 0 Å². The Balaban J connectivity index is 1.75. The number of nitrogen functional groups attached to an aromatic ring is 1. The van der Waals surface area contributed by atoms with E-state index >= 15 is 0 Å². The van der Waals surface area contributed by atoms with Crippen LogP contribution in [0.15, 0.2) is 12.1 Å². The van der Waals surface area contributed by atoms with Gasteiger partial charge in [0.25, 0.3) is 5.91 Å². The smallest absolute Gasteiger partial charge is 0.254 e. The second kappa shape index (κ2) is 5.01. The molecule has 108 valence electrons. The van der Waals surface area contributed by atoms with Gasteiger partial charge in [-0.2, -0.15) is 0 Å². The maximum Gasteiger partial charge on any atom is 0.254 e. The summed E-state index contributed by atoms with van der Waals surface area (Å²) in [5.41, 5.74) is 4.98. The lowest BCUT2D eigenvalue weighted by atomic mass is 9.84. The molecule has 1 aromatic carbocycles. The molecule has 1 atom stereocenters. The molecule has 0 radical (unpaired) electrons. The number of piperidine rings is 3. The summed E-state index contributed by atoms with van der Waals surface area (Å²) in [6.45, 7) is 2.93. The highest BCUT2D eigenvalue weighted by molar-refractivity contribution is 5.95. The fourth-order valence-corrected chi connectivity index (χ4v) is 3.11. The van der Waals surface area contributed by atoms with E-state index in [0.717, 1.165) is 38.5 Å². The Bertz CT molecular complexity index is 541. The molecule has 20 heavy (non-hydrogen) atoms. The van der Waals surface area contributed by atoms with Crippen molar-refractivity contribution in [2.24, 2.45) is 5.92 Å². The minimum absolute atomic E-state index is 0.0377. The number of rotatable bonds is 2.